The molecular formula is C32H55NO24. The highest BCUT2D eigenvalue weighted by atomic mass is 16.8. The quantitative estimate of drug-likeness (QED) is 0.0867. The van der Waals surface area contributed by atoms with Crippen LogP contribution in [0.1, 0.15) is 20.8 Å². The average molecular weight is 838 g/mol. The van der Waals surface area contributed by atoms with Gasteiger partial charge >= 0.3 is 0 Å². The number of carbonyl (C=O) groups is 1. The van der Waals surface area contributed by atoms with E-state index < -0.39 is 179 Å². The van der Waals surface area contributed by atoms with E-state index in [1.54, 1.807) is 0 Å². The molecule has 25 atom stereocenters. The number of aliphatic hydroxyl groups is 14. The van der Waals surface area contributed by atoms with Crippen LogP contribution < -0.4 is 5.32 Å². The van der Waals surface area contributed by atoms with Gasteiger partial charge in [0, 0.05) is 6.92 Å². The molecule has 25 nitrogen and oxygen atoms in total. The Hall–Kier alpha value is -1.45. The lowest BCUT2D eigenvalue weighted by molar-refractivity contribution is -0.408. The normalized spacial score (nSPS) is 52.3. The van der Waals surface area contributed by atoms with Crippen molar-refractivity contribution in [2.75, 3.05) is 19.8 Å². The first kappa shape index (κ1) is 46.6. The van der Waals surface area contributed by atoms with Crippen LogP contribution in [0.25, 0.3) is 0 Å². The van der Waals surface area contributed by atoms with Gasteiger partial charge in [-0.1, -0.05) is 0 Å². The summed E-state index contributed by atoms with van der Waals surface area (Å²) in [5.74, 6) is -0.749. The molecule has 0 aromatic rings. The highest BCUT2D eigenvalue weighted by molar-refractivity contribution is 5.73. The maximum absolute atomic E-state index is 12.2. The highest BCUT2D eigenvalue weighted by Crippen LogP contribution is 2.37. The smallest absolute Gasteiger partial charge is 0.217 e. The topological polar surface area (TPSA) is 395 Å². The standard InChI is InChI=1S/C32H55NO24/c1-7-14(38)19(43)21(45)30(49-7)54-24-12(6-36)51-28(48)23(47)26(24)56-32-27(57-31-22(46)20(44)15(39)8(2)50-31)25(17(41)11(5-35)53-32)55-29-13(33-9(3)37)18(42)16(40)10(4-34)52-29/h7-8,10-32,34-36,38-48H,4-6H2,1-3H3,(H,33,37)/t7-,8-,10+,11+,12+,13+,14+,15+,16-,17-,18+,19+,20+,21-,22-,23+,24+,25-,26+,27+,28-,29+,30-,31-,32-/m0/s1. The van der Waals surface area contributed by atoms with Gasteiger partial charge in [0.1, 0.15) is 110 Å². The summed E-state index contributed by atoms with van der Waals surface area (Å²) in [6.45, 7) is 0.920. The predicted octanol–water partition coefficient (Wildman–Crippen LogP) is -9.73. The molecular weight excluding hydrogens is 782 g/mol. The van der Waals surface area contributed by atoms with Crippen LogP contribution in [0.5, 0.6) is 0 Å². The van der Waals surface area contributed by atoms with Gasteiger partial charge in [-0.2, -0.15) is 0 Å². The van der Waals surface area contributed by atoms with E-state index in [0.717, 1.165) is 6.92 Å². The first-order chi connectivity index (χ1) is 26.8. The molecule has 0 radical (unpaired) electrons. The molecule has 0 aromatic heterocycles. The molecule has 0 bridgehead atoms. The lowest BCUT2D eigenvalue weighted by atomic mass is 9.94. The Kier molecular flexibility index (Phi) is 16.0. The van der Waals surface area contributed by atoms with Crippen LogP contribution in [-0.2, 0) is 47.4 Å². The SMILES string of the molecule is CC(=O)N[C@H]1[C@@H](O[C@H]2[C@@H](O)[C@@H](CO)O[C@@H](O[C@@H]3[C@@H](O)[C@@H](O)O[C@H](CO)[C@H]3O[C@@H]3O[C@@H](C)[C@@H](O)[C@@H](O)[C@@H]3O)[C@@H]2O[C@@H]2O[C@@H](C)[C@@H](O)[C@@H](O)[C@@H]2O)O[C@H](CO)[C@H](O)[C@@H]1O. The number of ether oxygens (including phenoxy) is 9. The third-order valence-corrected chi connectivity index (χ3v) is 10.6. The second-order valence-electron chi connectivity index (χ2n) is 14.7. The van der Waals surface area contributed by atoms with E-state index in [9.17, 15) is 76.3 Å². The summed E-state index contributed by atoms with van der Waals surface area (Å²) < 4.78 is 52.0. The summed E-state index contributed by atoms with van der Waals surface area (Å²) >= 11 is 0. The van der Waals surface area contributed by atoms with Gasteiger partial charge in [0.05, 0.1) is 32.0 Å². The third kappa shape index (κ3) is 9.71. The summed E-state index contributed by atoms with van der Waals surface area (Å²) in [6, 6.07) is -1.61. The van der Waals surface area contributed by atoms with Crippen LogP contribution in [0.3, 0.4) is 0 Å². The summed E-state index contributed by atoms with van der Waals surface area (Å²) in [5.41, 5.74) is 0. The Morgan fingerprint density at radius 1 is 0.456 bits per heavy atom. The minimum Gasteiger partial charge on any atom is -0.394 e. The van der Waals surface area contributed by atoms with Crippen molar-refractivity contribution in [2.45, 2.75) is 174 Å². The van der Waals surface area contributed by atoms with Crippen molar-refractivity contribution in [3.63, 3.8) is 0 Å². The van der Waals surface area contributed by atoms with Crippen molar-refractivity contribution in [1.82, 2.24) is 5.32 Å². The van der Waals surface area contributed by atoms with Gasteiger partial charge in [-0.3, -0.25) is 4.79 Å². The first-order valence-electron chi connectivity index (χ1n) is 18.3. The number of nitrogens with one attached hydrogen (secondary N) is 1. The average Bonchev–Trinajstić information content (AvgIpc) is 3.18. The second-order valence-corrected chi connectivity index (χ2v) is 14.7. The molecule has 25 heteroatoms. The van der Waals surface area contributed by atoms with Gasteiger partial charge in [-0.25, -0.2) is 0 Å². The van der Waals surface area contributed by atoms with E-state index in [4.69, 9.17) is 42.6 Å². The fraction of sp³-hybridized carbons (Fsp3) is 0.969. The maximum atomic E-state index is 12.2. The van der Waals surface area contributed by atoms with E-state index in [1.807, 2.05) is 0 Å². The maximum Gasteiger partial charge on any atom is 0.217 e. The number of hydrogen-bond donors (Lipinski definition) is 15. The Balaban J connectivity index is 1.54. The zero-order chi connectivity index (χ0) is 42.2. The summed E-state index contributed by atoms with van der Waals surface area (Å²) in [4.78, 5) is 12.2. The van der Waals surface area contributed by atoms with Crippen molar-refractivity contribution in [2.24, 2.45) is 0 Å². The van der Waals surface area contributed by atoms with Crippen LogP contribution in [0, 0.1) is 0 Å². The van der Waals surface area contributed by atoms with Gasteiger partial charge < -0.3 is 119 Å². The fourth-order valence-corrected chi connectivity index (χ4v) is 7.28. The van der Waals surface area contributed by atoms with Crippen molar-refractivity contribution in [1.29, 1.82) is 0 Å². The molecule has 5 heterocycles. The van der Waals surface area contributed by atoms with Crippen LogP contribution in [0.15, 0.2) is 0 Å². The van der Waals surface area contributed by atoms with Crippen LogP contribution in [0.4, 0.5) is 0 Å². The van der Waals surface area contributed by atoms with Gasteiger partial charge in [-0.15, -0.1) is 0 Å². The van der Waals surface area contributed by atoms with E-state index in [1.165, 1.54) is 13.8 Å². The third-order valence-electron chi connectivity index (χ3n) is 10.6. The number of amides is 1. The molecule has 0 spiro atoms. The van der Waals surface area contributed by atoms with Gasteiger partial charge in [0.2, 0.25) is 5.91 Å². The summed E-state index contributed by atoms with van der Waals surface area (Å²) in [7, 11) is 0. The Labute approximate surface area is 324 Å². The van der Waals surface area contributed by atoms with Crippen molar-refractivity contribution < 1.29 is 119 Å². The number of hydrogen-bond acceptors (Lipinski definition) is 24. The zero-order valence-corrected chi connectivity index (χ0v) is 30.9. The molecule has 57 heavy (non-hydrogen) atoms. The molecule has 0 aromatic carbocycles. The number of carbonyl (C=O) groups excluding carboxylic acids is 1. The van der Waals surface area contributed by atoms with E-state index >= 15 is 0 Å². The van der Waals surface area contributed by atoms with Crippen LogP contribution >= 0.6 is 0 Å². The second kappa shape index (κ2) is 19.5. The van der Waals surface area contributed by atoms with Crippen molar-refractivity contribution >= 4 is 5.91 Å². The lowest BCUT2D eigenvalue weighted by Gasteiger charge is -2.51. The van der Waals surface area contributed by atoms with Gasteiger partial charge in [0.25, 0.3) is 0 Å². The molecule has 5 fully saturated rings. The van der Waals surface area contributed by atoms with E-state index in [0.29, 0.717) is 0 Å². The molecule has 0 unspecified atom stereocenters. The predicted molar refractivity (Wildman–Crippen MR) is 175 cm³/mol. The Bertz CT molecular complexity index is 1290. The molecule has 0 saturated carbocycles. The summed E-state index contributed by atoms with van der Waals surface area (Å²) in [5, 5.41) is 151. The lowest BCUT2D eigenvalue weighted by Crippen LogP contribution is -2.70. The minimum absolute atomic E-state index is 0.749. The van der Waals surface area contributed by atoms with Crippen LogP contribution in [0.2, 0.25) is 0 Å². The largest absolute Gasteiger partial charge is 0.394 e. The fourth-order valence-electron chi connectivity index (χ4n) is 7.28. The number of aliphatic hydroxyl groups excluding tert-OH is 14. The molecule has 5 aliphatic heterocycles. The first-order valence-corrected chi connectivity index (χ1v) is 18.3. The highest BCUT2D eigenvalue weighted by Gasteiger charge is 2.58. The molecule has 0 aliphatic carbocycles. The number of rotatable bonds is 12. The van der Waals surface area contributed by atoms with Crippen molar-refractivity contribution in [3.8, 4) is 0 Å². The molecule has 5 rings (SSSR count). The minimum atomic E-state index is -2.12. The van der Waals surface area contributed by atoms with Crippen molar-refractivity contribution in [3.05, 3.63) is 0 Å². The van der Waals surface area contributed by atoms with E-state index in [2.05, 4.69) is 5.32 Å². The van der Waals surface area contributed by atoms with Crippen LogP contribution in [-0.4, -0.2) is 251 Å². The zero-order valence-electron chi connectivity index (χ0n) is 30.9. The molecule has 5 aliphatic rings. The molecule has 332 valence electrons. The Morgan fingerprint density at radius 3 is 1.40 bits per heavy atom. The summed E-state index contributed by atoms with van der Waals surface area (Å²) in [6.07, 6.45) is -42.9. The Morgan fingerprint density at radius 2 is 0.895 bits per heavy atom. The monoisotopic (exact) mass is 837 g/mol. The molecule has 5 saturated heterocycles. The van der Waals surface area contributed by atoms with Gasteiger partial charge in [-0.05, 0) is 13.8 Å². The van der Waals surface area contributed by atoms with E-state index in [-0.39, 0.29) is 0 Å². The molecule has 15 N–H and O–H groups in total. The van der Waals surface area contributed by atoms with Gasteiger partial charge in [0.15, 0.2) is 31.5 Å². The molecule has 1 amide bonds.